The molecule has 1 atom stereocenters. The molecule has 3 N–H and O–H groups in total. The van der Waals surface area contributed by atoms with E-state index in [9.17, 15) is 0 Å². The van der Waals surface area contributed by atoms with Crippen LogP contribution in [-0.4, -0.2) is 23.4 Å². The molecular weight excluding hydrogens is 260 g/mol. The van der Waals surface area contributed by atoms with E-state index in [-0.39, 0.29) is 5.84 Å². The molecule has 4 nitrogen and oxygen atoms in total. The van der Waals surface area contributed by atoms with Gasteiger partial charge in [0.25, 0.3) is 0 Å². The van der Waals surface area contributed by atoms with Crippen LogP contribution in [-0.2, 0) is 0 Å². The van der Waals surface area contributed by atoms with Crippen LogP contribution in [0.5, 0.6) is 0 Å². The van der Waals surface area contributed by atoms with Gasteiger partial charge in [0, 0.05) is 23.5 Å². The summed E-state index contributed by atoms with van der Waals surface area (Å²) in [4.78, 5) is 7.21. The van der Waals surface area contributed by atoms with Crippen molar-refractivity contribution in [2.24, 2.45) is 5.73 Å². The van der Waals surface area contributed by atoms with Crippen molar-refractivity contribution in [3.8, 4) is 0 Å². The third-order valence-corrected chi connectivity index (χ3v) is 4.39. The van der Waals surface area contributed by atoms with E-state index in [1.54, 1.807) is 0 Å². The molecule has 0 saturated carbocycles. The Bertz CT molecular complexity index is 665. The highest BCUT2D eigenvalue weighted by molar-refractivity contribution is 6.07. The van der Waals surface area contributed by atoms with E-state index in [1.165, 1.54) is 19.3 Å². The number of nitrogens with zero attached hydrogens (tertiary/aromatic N) is 2. The minimum absolute atomic E-state index is 0.111. The van der Waals surface area contributed by atoms with Gasteiger partial charge in [-0.25, -0.2) is 4.98 Å². The van der Waals surface area contributed by atoms with Crippen molar-refractivity contribution in [1.82, 2.24) is 4.98 Å². The number of nitrogen functional groups attached to an aromatic ring is 1. The van der Waals surface area contributed by atoms with Crippen molar-refractivity contribution >= 4 is 22.6 Å². The number of amidine groups is 1. The first kappa shape index (κ1) is 13.9. The first-order chi connectivity index (χ1) is 10.2. The zero-order valence-electron chi connectivity index (χ0n) is 12.5. The lowest BCUT2D eigenvalue weighted by atomic mass is 9.99. The molecule has 2 heterocycles. The molecule has 1 unspecified atom stereocenters. The Morgan fingerprint density at radius 2 is 2.19 bits per heavy atom. The number of rotatable bonds is 3. The maximum Gasteiger partial charge on any atom is 0.130 e. The second-order valence-corrected chi connectivity index (χ2v) is 5.71. The molecule has 1 aliphatic heterocycles. The topological polar surface area (TPSA) is 66.0 Å². The quantitative estimate of drug-likeness (QED) is 0.670. The highest BCUT2D eigenvalue weighted by Crippen LogP contribution is 2.28. The smallest absolute Gasteiger partial charge is 0.130 e. The number of hydrogen-bond donors (Lipinski definition) is 2. The molecule has 1 fully saturated rings. The Kier molecular flexibility index (Phi) is 3.78. The third kappa shape index (κ3) is 2.58. The van der Waals surface area contributed by atoms with Crippen LogP contribution >= 0.6 is 0 Å². The van der Waals surface area contributed by atoms with Gasteiger partial charge >= 0.3 is 0 Å². The lowest BCUT2D eigenvalue weighted by Crippen LogP contribution is -2.39. The van der Waals surface area contributed by atoms with Crippen molar-refractivity contribution in [1.29, 1.82) is 5.41 Å². The summed E-state index contributed by atoms with van der Waals surface area (Å²) < 4.78 is 0. The van der Waals surface area contributed by atoms with Gasteiger partial charge in [-0.2, -0.15) is 0 Å². The molecule has 3 rings (SSSR count). The standard InChI is InChI=1S/C17H22N4/c1-2-12-7-5-6-10-21(12)16-11-14(17(18)19)13-8-3-4-9-15(13)20-16/h3-4,8-9,11-12H,2,5-7,10H2,1H3,(H3,18,19). The molecule has 0 aliphatic carbocycles. The van der Waals surface area contributed by atoms with Gasteiger partial charge in [-0.15, -0.1) is 0 Å². The van der Waals surface area contributed by atoms with Gasteiger partial charge in [-0.3, -0.25) is 5.41 Å². The van der Waals surface area contributed by atoms with Crippen LogP contribution in [0.25, 0.3) is 10.9 Å². The monoisotopic (exact) mass is 282 g/mol. The van der Waals surface area contributed by atoms with Gasteiger partial charge in [0.15, 0.2) is 0 Å². The van der Waals surface area contributed by atoms with E-state index in [2.05, 4.69) is 11.8 Å². The number of aromatic nitrogens is 1. The second-order valence-electron chi connectivity index (χ2n) is 5.71. The second kappa shape index (κ2) is 5.72. The van der Waals surface area contributed by atoms with Crippen molar-refractivity contribution in [2.75, 3.05) is 11.4 Å². The molecule has 1 aromatic heterocycles. The first-order valence-electron chi connectivity index (χ1n) is 7.71. The van der Waals surface area contributed by atoms with E-state index in [0.29, 0.717) is 6.04 Å². The number of nitrogens with two attached hydrogens (primary N) is 1. The first-order valence-corrected chi connectivity index (χ1v) is 7.71. The predicted molar refractivity (Wildman–Crippen MR) is 88.0 cm³/mol. The third-order valence-electron chi connectivity index (χ3n) is 4.39. The summed E-state index contributed by atoms with van der Waals surface area (Å²) in [6, 6.07) is 10.5. The summed E-state index contributed by atoms with van der Waals surface area (Å²) in [6.45, 7) is 3.27. The lowest BCUT2D eigenvalue weighted by molar-refractivity contribution is 0.447. The van der Waals surface area contributed by atoms with Crippen LogP contribution in [0.2, 0.25) is 0 Å². The summed E-state index contributed by atoms with van der Waals surface area (Å²) in [7, 11) is 0. The van der Waals surface area contributed by atoms with Crippen LogP contribution < -0.4 is 10.6 Å². The van der Waals surface area contributed by atoms with E-state index in [4.69, 9.17) is 16.1 Å². The van der Waals surface area contributed by atoms with Crippen LogP contribution in [0.1, 0.15) is 38.2 Å². The fourth-order valence-electron chi connectivity index (χ4n) is 3.26. The van der Waals surface area contributed by atoms with Gasteiger partial charge in [-0.1, -0.05) is 25.1 Å². The zero-order valence-corrected chi connectivity index (χ0v) is 12.5. The van der Waals surface area contributed by atoms with Crippen molar-refractivity contribution in [3.05, 3.63) is 35.9 Å². The Morgan fingerprint density at radius 3 is 2.95 bits per heavy atom. The maximum atomic E-state index is 7.85. The summed E-state index contributed by atoms with van der Waals surface area (Å²) in [6.07, 6.45) is 4.85. The molecule has 0 spiro atoms. The minimum atomic E-state index is 0.111. The molecule has 21 heavy (non-hydrogen) atoms. The average molecular weight is 282 g/mol. The van der Waals surface area contributed by atoms with Crippen molar-refractivity contribution in [3.63, 3.8) is 0 Å². The highest BCUT2D eigenvalue weighted by Gasteiger charge is 2.23. The van der Waals surface area contributed by atoms with E-state index < -0.39 is 0 Å². The van der Waals surface area contributed by atoms with Crippen LogP contribution in [0.3, 0.4) is 0 Å². The Morgan fingerprint density at radius 1 is 1.38 bits per heavy atom. The molecule has 0 amide bonds. The van der Waals surface area contributed by atoms with E-state index in [0.717, 1.165) is 35.2 Å². The van der Waals surface area contributed by atoms with Gasteiger partial charge in [0.1, 0.15) is 11.7 Å². The van der Waals surface area contributed by atoms with E-state index >= 15 is 0 Å². The van der Waals surface area contributed by atoms with Crippen LogP contribution in [0, 0.1) is 5.41 Å². The molecular formula is C17H22N4. The fraction of sp³-hybridized carbons (Fsp3) is 0.412. The normalized spacial score (nSPS) is 18.9. The number of fused-ring (bicyclic) bond motifs is 1. The molecule has 1 aliphatic rings. The van der Waals surface area contributed by atoms with Gasteiger partial charge in [0.05, 0.1) is 5.52 Å². The van der Waals surface area contributed by atoms with Crippen molar-refractivity contribution in [2.45, 2.75) is 38.6 Å². The predicted octanol–water partition coefficient (Wildman–Crippen LogP) is 3.29. The SMILES string of the molecule is CCC1CCCCN1c1cc(C(=N)N)c2ccccc2n1. The maximum absolute atomic E-state index is 7.85. The average Bonchev–Trinajstić information content (AvgIpc) is 2.53. The summed E-state index contributed by atoms with van der Waals surface area (Å²) in [5, 5.41) is 8.81. The molecule has 1 aromatic carbocycles. The molecule has 0 bridgehead atoms. The number of hydrogen-bond acceptors (Lipinski definition) is 3. The number of benzene rings is 1. The van der Waals surface area contributed by atoms with Crippen molar-refractivity contribution < 1.29 is 0 Å². The Labute approximate surface area is 125 Å². The van der Waals surface area contributed by atoms with Crippen LogP contribution in [0.15, 0.2) is 30.3 Å². The molecule has 4 heteroatoms. The molecule has 0 radical (unpaired) electrons. The molecule has 110 valence electrons. The van der Waals surface area contributed by atoms with Gasteiger partial charge in [0.2, 0.25) is 0 Å². The summed E-state index contributed by atoms with van der Waals surface area (Å²) >= 11 is 0. The number of pyridine rings is 1. The van der Waals surface area contributed by atoms with Crippen LogP contribution in [0.4, 0.5) is 5.82 Å². The number of para-hydroxylation sites is 1. The number of anilines is 1. The summed E-state index contributed by atoms with van der Waals surface area (Å²) in [5.41, 5.74) is 7.49. The van der Waals surface area contributed by atoms with Gasteiger partial charge in [-0.05, 0) is 37.8 Å². The number of piperidine rings is 1. The lowest BCUT2D eigenvalue weighted by Gasteiger charge is -2.36. The summed E-state index contributed by atoms with van der Waals surface area (Å²) in [5.74, 6) is 1.07. The number of nitrogens with one attached hydrogen (secondary N) is 1. The Balaban J connectivity index is 2.12. The van der Waals surface area contributed by atoms with Gasteiger partial charge < -0.3 is 10.6 Å². The minimum Gasteiger partial charge on any atom is -0.384 e. The molecule has 1 saturated heterocycles. The Hall–Kier alpha value is -2.10. The zero-order chi connectivity index (χ0) is 14.8. The highest BCUT2D eigenvalue weighted by atomic mass is 15.2. The van der Waals surface area contributed by atoms with E-state index in [1.807, 2.05) is 30.3 Å². The molecule has 2 aromatic rings. The fourth-order valence-corrected chi connectivity index (χ4v) is 3.26. The largest absolute Gasteiger partial charge is 0.384 e.